The lowest BCUT2D eigenvalue weighted by Gasteiger charge is -2.24. The van der Waals surface area contributed by atoms with E-state index in [-0.39, 0.29) is 17.2 Å². The van der Waals surface area contributed by atoms with Gasteiger partial charge < -0.3 is 14.7 Å². The third kappa shape index (κ3) is 4.13. The molecular formula is C16H20ClNO4. The predicted molar refractivity (Wildman–Crippen MR) is 83.0 cm³/mol. The molecule has 0 unspecified atom stereocenters. The summed E-state index contributed by atoms with van der Waals surface area (Å²) < 4.78 is 5.18. The van der Waals surface area contributed by atoms with Crippen LogP contribution < -0.4 is 0 Å². The van der Waals surface area contributed by atoms with Gasteiger partial charge in [0.2, 0.25) is 0 Å². The summed E-state index contributed by atoms with van der Waals surface area (Å²) in [6, 6.07) is 4.13. The van der Waals surface area contributed by atoms with E-state index in [2.05, 4.69) is 0 Å². The summed E-state index contributed by atoms with van der Waals surface area (Å²) in [6.07, 6.45) is 3.32. The van der Waals surface area contributed by atoms with Gasteiger partial charge >= 0.3 is 5.97 Å². The topological polar surface area (TPSA) is 66.8 Å². The van der Waals surface area contributed by atoms with Crippen molar-refractivity contribution in [3.63, 3.8) is 0 Å². The molecule has 0 saturated carbocycles. The van der Waals surface area contributed by atoms with Gasteiger partial charge in [0.05, 0.1) is 0 Å². The number of benzene rings is 1. The van der Waals surface area contributed by atoms with Crippen LogP contribution in [0.4, 0.5) is 0 Å². The smallest absolute Gasteiger partial charge is 0.342 e. The SMILES string of the molecule is C[C@@H](OC(=O)c1ccc(Cl)cc1O)C(=O)N1CCCCCC1. The number of phenolic OH excluding ortho intramolecular Hbond substituents is 1. The summed E-state index contributed by atoms with van der Waals surface area (Å²) in [5.74, 6) is -1.18. The van der Waals surface area contributed by atoms with E-state index in [4.69, 9.17) is 16.3 Å². The molecule has 1 heterocycles. The van der Waals surface area contributed by atoms with E-state index in [0.29, 0.717) is 18.1 Å². The minimum atomic E-state index is -0.874. The largest absolute Gasteiger partial charge is 0.507 e. The van der Waals surface area contributed by atoms with Crippen LogP contribution in [0.15, 0.2) is 18.2 Å². The number of carbonyl (C=O) groups excluding carboxylic acids is 2. The molecule has 1 atom stereocenters. The number of aromatic hydroxyl groups is 1. The van der Waals surface area contributed by atoms with Crippen LogP contribution in [0.3, 0.4) is 0 Å². The fourth-order valence-corrected chi connectivity index (χ4v) is 2.67. The van der Waals surface area contributed by atoms with Crippen molar-refractivity contribution in [2.75, 3.05) is 13.1 Å². The number of amides is 1. The van der Waals surface area contributed by atoms with Crippen LogP contribution in [0.1, 0.15) is 43.0 Å². The zero-order valence-corrected chi connectivity index (χ0v) is 13.3. The van der Waals surface area contributed by atoms with Gasteiger partial charge in [0.25, 0.3) is 5.91 Å². The molecule has 1 fully saturated rings. The van der Waals surface area contributed by atoms with Gasteiger partial charge in [-0.2, -0.15) is 0 Å². The van der Waals surface area contributed by atoms with Gasteiger partial charge in [-0.25, -0.2) is 4.79 Å². The van der Waals surface area contributed by atoms with Crippen molar-refractivity contribution in [1.82, 2.24) is 4.90 Å². The van der Waals surface area contributed by atoms with Crippen LogP contribution in [0.2, 0.25) is 5.02 Å². The highest BCUT2D eigenvalue weighted by Crippen LogP contribution is 2.23. The number of nitrogens with zero attached hydrogens (tertiary/aromatic N) is 1. The Morgan fingerprint density at radius 2 is 1.86 bits per heavy atom. The van der Waals surface area contributed by atoms with Crippen LogP contribution in [0.5, 0.6) is 5.75 Å². The maximum Gasteiger partial charge on any atom is 0.342 e. The monoisotopic (exact) mass is 325 g/mol. The van der Waals surface area contributed by atoms with E-state index in [1.165, 1.54) is 18.2 Å². The first kappa shape index (κ1) is 16.6. The first-order valence-corrected chi connectivity index (χ1v) is 7.85. The molecule has 1 N–H and O–H groups in total. The number of hydrogen-bond donors (Lipinski definition) is 1. The molecule has 5 nitrogen and oxygen atoms in total. The van der Waals surface area contributed by atoms with E-state index < -0.39 is 12.1 Å². The second-order valence-electron chi connectivity index (χ2n) is 5.45. The molecule has 0 radical (unpaired) electrons. The van der Waals surface area contributed by atoms with Crippen molar-refractivity contribution in [3.05, 3.63) is 28.8 Å². The Morgan fingerprint density at radius 3 is 2.45 bits per heavy atom. The van der Waals surface area contributed by atoms with E-state index in [9.17, 15) is 14.7 Å². The van der Waals surface area contributed by atoms with Crippen molar-refractivity contribution >= 4 is 23.5 Å². The summed E-state index contributed by atoms with van der Waals surface area (Å²) in [6.45, 7) is 2.96. The third-order valence-electron chi connectivity index (χ3n) is 3.73. The fourth-order valence-electron chi connectivity index (χ4n) is 2.50. The second kappa shape index (κ2) is 7.49. The van der Waals surface area contributed by atoms with Crippen LogP contribution in [-0.4, -0.2) is 41.1 Å². The molecule has 22 heavy (non-hydrogen) atoms. The molecule has 1 saturated heterocycles. The van der Waals surface area contributed by atoms with Crippen molar-refractivity contribution in [3.8, 4) is 5.75 Å². The number of likely N-dealkylation sites (tertiary alicyclic amines) is 1. The summed E-state index contributed by atoms with van der Waals surface area (Å²) in [5.41, 5.74) is -0.0000774. The van der Waals surface area contributed by atoms with Crippen LogP contribution in [0, 0.1) is 0 Å². The van der Waals surface area contributed by atoms with Crippen LogP contribution in [-0.2, 0) is 9.53 Å². The van der Waals surface area contributed by atoms with E-state index in [0.717, 1.165) is 25.7 Å². The average molecular weight is 326 g/mol. The number of phenols is 1. The normalized spacial score (nSPS) is 16.7. The Bertz CT molecular complexity index is 553. The van der Waals surface area contributed by atoms with Crippen molar-refractivity contribution in [2.45, 2.75) is 38.7 Å². The highest BCUT2D eigenvalue weighted by molar-refractivity contribution is 6.30. The Labute approximate surface area is 134 Å². The molecule has 0 spiro atoms. The first-order chi connectivity index (χ1) is 10.5. The second-order valence-corrected chi connectivity index (χ2v) is 5.88. The van der Waals surface area contributed by atoms with Gasteiger partial charge in [-0.05, 0) is 38.0 Å². The molecule has 1 aliphatic rings. The Kier molecular flexibility index (Phi) is 5.66. The summed E-state index contributed by atoms with van der Waals surface area (Å²) in [7, 11) is 0. The van der Waals surface area contributed by atoms with Gasteiger partial charge in [-0.1, -0.05) is 24.4 Å². The molecule has 1 aromatic rings. The van der Waals surface area contributed by atoms with Crippen molar-refractivity contribution < 1.29 is 19.4 Å². The number of esters is 1. The molecule has 1 aromatic carbocycles. The maximum absolute atomic E-state index is 12.3. The Morgan fingerprint density at radius 1 is 1.23 bits per heavy atom. The molecular weight excluding hydrogens is 306 g/mol. The standard InChI is InChI=1S/C16H20ClNO4/c1-11(15(20)18-8-4-2-3-5-9-18)22-16(21)13-7-6-12(17)10-14(13)19/h6-7,10-11,19H,2-5,8-9H2,1H3/t11-/m1/s1. The number of carbonyl (C=O) groups is 2. The first-order valence-electron chi connectivity index (χ1n) is 7.47. The Balaban J connectivity index is 1.99. The lowest BCUT2D eigenvalue weighted by atomic mass is 10.2. The number of ether oxygens (including phenoxy) is 1. The summed E-state index contributed by atoms with van der Waals surface area (Å²) >= 11 is 5.72. The molecule has 0 bridgehead atoms. The maximum atomic E-state index is 12.3. The number of hydrogen-bond acceptors (Lipinski definition) is 4. The number of halogens is 1. The predicted octanol–water partition coefficient (Wildman–Crippen LogP) is 2.99. The van der Waals surface area contributed by atoms with Crippen LogP contribution in [0.25, 0.3) is 0 Å². The highest BCUT2D eigenvalue weighted by atomic mass is 35.5. The molecule has 1 amide bonds. The molecule has 0 aliphatic carbocycles. The zero-order chi connectivity index (χ0) is 16.1. The molecule has 1 aliphatic heterocycles. The third-order valence-corrected chi connectivity index (χ3v) is 3.96. The highest BCUT2D eigenvalue weighted by Gasteiger charge is 2.25. The Hall–Kier alpha value is -1.75. The fraction of sp³-hybridized carbons (Fsp3) is 0.500. The molecule has 6 heteroatoms. The van der Waals surface area contributed by atoms with E-state index in [1.54, 1.807) is 11.8 Å². The average Bonchev–Trinajstić information content (AvgIpc) is 2.75. The molecule has 120 valence electrons. The van der Waals surface area contributed by atoms with Crippen molar-refractivity contribution in [1.29, 1.82) is 0 Å². The van der Waals surface area contributed by atoms with Crippen LogP contribution >= 0.6 is 11.6 Å². The van der Waals surface area contributed by atoms with Gasteiger partial charge in [-0.3, -0.25) is 4.79 Å². The number of rotatable bonds is 3. The zero-order valence-electron chi connectivity index (χ0n) is 12.5. The lowest BCUT2D eigenvalue weighted by Crippen LogP contribution is -2.40. The van der Waals surface area contributed by atoms with Gasteiger partial charge in [-0.15, -0.1) is 0 Å². The van der Waals surface area contributed by atoms with E-state index in [1.807, 2.05) is 0 Å². The van der Waals surface area contributed by atoms with Gasteiger partial charge in [0, 0.05) is 18.1 Å². The quantitative estimate of drug-likeness (QED) is 0.868. The van der Waals surface area contributed by atoms with Crippen molar-refractivity contribution in [2.24, 2.45) is 0 Å². The lowest BCUT2D eigenvalue weighted by molar-refractivity contribution is -0.139. The minimum Gasteiger partial charge on any atom is -0.507 e. The summed E-state index contributed by atoms with van der Waals surface area (Å²) in [5, 5.41) is 10.0. The molecule has 2 rings (SSSR count). The summed E-state index contributed by atoms with van der Waals surface area (Å²) in [4.78, 5) is 26.1. The molecule has 0 aromatic heterocycles. The van der Waals surface area contributed by atoms with E-state index >= 15 is 0 Å². The van der Waals surface area contributed by atoms with Gasteiger partial charge in [0.15, 0.2) is 6.10 Å². The minimum absolute atomic E-state index is 0.0000774. The van der Waals surface area contributed by atoms with Gasteiger partial charge in [0.1, 0.15) is 11.3 Å².